The van der Waals surface area contributed by atoms with E-state index < -0.39 is 0 Å². The third-order valence-corrected chi connectivity index (χ3v) is 3.84. The van der Waals surface area contributed by atoms with Gasteiger partial charge in [-0.1, -0.05) is 0 Å². The van der Waals surface area contributed by atoms with Crippen molar-refractivity contribution >= 4 is 23.3 Å². The minimum atomic E-state index is -0.344. The van der Waals surface area contributed by atoms with E-state index in [1.54, 1.807) is 49.6 Å². The smallest absolute Gasteiger partial charge is 0.274 e. The molecular formula is C20H19N5O2. The molecule has 7 heteroatoms. The highest BCUT2D eigenvalue weighted by Crippen LogP contribution is 2.13. The zero-order valence-corrected chi connectivity index (χ0v) is 15.1. The fraction of sp³-hybridized carbons (Fsp3) is 0.150. The highest BCUT2D eigenvalue weighted by atomic mass is 16.2. The summed E-state index contributed by atoms with van der Waals surface area (Å²) in [6, 6.07) is 12.1. The number of anilines is 2. The summed E-state index contributed by atoms with van der Waals surface area (Å²) < 4.78 is 0. The molecule has 2 heterocycles. The molecule has 0 radical (unpaired) electrons. The monoisotopic (exact) mass is 361 g/mol. The number of hydrogen-bond acceptors (Lipinski definition) is 6. The lowest BCUT2D eigenvalue weighted by molar-refractivity contribution is 0.101. The molecule has 2 N–H and O–H groups in total. The Morgan fingerprint density at radius 3 is 2.37 bits per heavy atom. The van der Waals surface area contributed by atoms with E-state index in [0.29, 0.717) is 29.4 Å². The zero-order chi connectivity index (χ0) is 19.2. The van der Waals surface area contributed by atoms with E-state index in [1.807, 2.05) is 12.1 Å². The maximum atomic E-state index is 12.5. The number of carbonyl (C=O) groups excluding carboxylic acids is 2. The minimum absolute atomic E-state index is 0.0239. The summed E-state index contributed by atoms with van der Waals surface area (Å²) >= 11 is 0. The molecule has 2 aromatic heterocycles. The van der Waals surface area contributed by atoms with Crippen LogP contribution in [0.1, 0.15) is 39.0 Å². The fourth-order valence-corrected chi connectivity index (χ4v) is 2.43. The predicted octanol–water partition coefficient (Wildman–Crippen LogP) is 3.25. The Hall–Kier alpha value is -3.61. The number of hydrogen-bond donors (Lipinski definition) is 2. The Morgan fingerprint density at radius 1 is 1.00 bits per heavy atom. The fourth-order valence-electron chi connectivity index (χ4n) is 2.43. The molecule has 7 nitrogen and oxygen atoms in total. The molecule has 136 valence electrons. The van der Waals surface area contributed by atoms with E-state index in [-0.39, 0.29) is 17.4 Å². The van der Waals surface area contributed by atoms with Crippen molar-refractivity contribution < 1.29 is 9.59 Å². The van der Waals surface area contributed by atoms with Crippen molar-refractivity contribution in [2.75, 3.05) is 10.6 Å². The summed E-state index contributed by atoms with van der Waals surface area (Å²) in [5, 5.41) is 5.89. The number of benzene rings is 1. The predicted molar refractivity (Wildman–Crippen MR) is 103 cm³/mol. The molecule has 0 fully saturated rings. The molecule has 0 spiro atoms. The largest absolute Gasteiger partial charge is 0.350 e. The Labute approximate surface area is 156 Å². The third-order valence-electron chi connectivity index (χ3n) is 3.84. The molecule has 0 unspecified atom stereocenters. The Bertz CT molecular complexity index is 956. The minimum Gasteiger partial charge on any atom is -0.350 e. The number of Topliss-reactive ketones (excluding diaryl/α,β-unsaturated/α-hetero) is 1. The van der Waals surface area contributed by atoms with Gasteiger partial charge in [0.2, 0.25) is 5.95 Å². The van der Waals surface area contributed by atoms with Crippen molar-refractivity contribution in [1.29, 1.82) is 0 Å². The molecule has 27 heavy (non-hydrogen) atoms. The Morgan fingerprint density at radius 2 is 1.70 bits per heavy atom. The molecule has 0 bridgehead atoms. The van der Waals surface area contributed by atoms with Crippen LogP contribution in [0.4, 0.5) is 11.6 Å². The number of carbonyl (C=O) groups is 2. The van der Waals surface area contributed by atoms with Gasteiger partial charge in [-0.15, -0.1) is 0 Å². The second kappa shape index (κ2) is 8.18. The highest BCUT2D eigenvalue weighted by molar-refractivity contribution is 6.03. The number of amides is 1. The van der Waals surface area contributed by atoms with E-state index in [4.69, 9.17) is 0 Å². The number of ketones is 1. The topological polar surface area (TPSA) is 96.9 Å². The van der Waals surface area contributed by atoms with Gasteiger partial charge < -0.3 is 10.6 Å². The van der Waals surface area contributed by atoms with Gasteiger partial charge in [-0.2, -0.15) is 0 Å². The van der Waals surface area contributed by atoms with Crippen LogP contribution in [0.2, 0.25) is 0 Å². The molecule has 0 aliphatic heterocycles. The summed E-state index contributed by atoms with van der Waals surface area (Å²) in [4.78, 5) is 36.4. The lowest BCUT2D eigenvalue weighted by atomic mass is 10.1. The van der Waals surface area contributed by atoms with Crippen molar-refractivity contribution in [1.82, 2.24) is 15.0 Å². The number of nitrogens with one attached hydrogen (secondary N) is 2. The van der Waals surface area contributed by atoms with Crippen LogP contribution >= 0.6 is 0 Å². The first-order valence-corrected chi connectivity index (χ1v) is 8.42. The Kier molecular flexibility index (Phi) is 5.51. The van der Waals surface area contributed by atoms with E-state index in [0.717, 1.165) is 5.56 Å². The lowest BCUT2D eigenvalue weighted by Gasteiger charge is -2.09. The van der Waals surface area contributed by atoms with Crippen LogP contribution in [0.15, 0.2) is 54.9 Å². The molecule has 0 aliphatic carbocycles. The second-order valence-electron chi connectivity index (χ2n) is 6.01. The molecule has 1 aromatic carbocycles. The first kappa shape index (κ1) is 18.2. The second-order valence-corrected chi connectivity index (χ2v) is 6.01. The van der Waals surface area contributed by atoms with Crippen molar-refractivity contribution in [2.24, 2.45) is 0 Å². The van der Waals surface area contributed by atoms with Crippen LogP contribution in [0, 0.1) is 6.92 Å². The average molecular weight is 361 g/mol. The molecule has 0 saturated heterocycles. The van der Waals surface area contributed by atoms with Gasteiger partial charge >= 0.3 is 0 Å². The number of pyridine rings is 1. The first-order chi connectivity index (χ1) is 13.0. The normalized spacial score (nSPS) is 10.3. The van der Waals surface area contributed by atoms with Gasteiger partial charge in [0.15, 0.2) is 5.78 Å². The van der Waals surface area contributed by atoms with Gasteiger partial charge in [0.05, 0.1) is 0 Å². The molecule has 0 aliphatic rings. The number of aromatic nitrogens is 3. The molecule has 0 saturated carbocycles. The van der Waals surface area contributed by atoms with Crippen LogP contribution in [0.25, 0.3) is 0 Å². The van der Waals surface area contributed by atoms with Crippen LogP contribution < -0.4 is 10.6 Å². The van der Waals surface area contributed by atoms with Gasteiger partial charge in [0.25, 0.3) is 5.91 Å². The molecule has 3 rings (SSSR count). The van der Waals surface area contributed by atoms with Crippen molar-refractivity contribution in [3.63, 3.8) is 0 Å². The molecule has 0 atom stereocenters. The number of nitrogens with zero attached hydrogens (tertiary/aromatic N) is 3. The van der Waals surface area contributed by atoms with Gasteiger partial charge in [-0.25, -0.2) is 9.97 Å². The van der Waals surface area contributed by atoms with Crippen LogP contribution in [-0.2, 0) is 6.54 Å². The van der Waals surface area contributed by atoms with E-state index in [1.165, 1.54) is 6.92 Å². The van der Waals surface area contributed by atoms with Crippen LogP contribution in [-0.4, -0.2) is 26.6 Å². The quantitative estimate of drug-likeness (QED) is 0.654. The van der Waals surface area contributed by atoms with Crippen molar-refractivity contribution in [3.05, 3.63) is 77.4 Å². The third kappa shape index (κ3) is 4.94. The average Bonchev–Trinajstić information content (AvgIpc) is 2.67. The summed E-state index contributed by atoms with van der Waals surface area (Å²) in [5.41, 5.74) is 3.15. The molecule has 1 amide bonds. The Balaban J connectivity index is 1.70. The van der Waals surface area contributed by atoms with Gasteiger partial charge in [0, 0.05) is 35.9 Å². The first-order valence-electron chi connectivity index (χ1n) is 8.42. The van der Waals surface area contributed by atoms with Gasteiger partial charge in [-0.3, -0.25) is 14.6 Å². The van der Waals surface area contributed by atoms with Crippen LogP contribution in [0.3, 0.4) is 0 Å². The summed E-state index contributed by atoms with van der Waals surface area (Å²) in [6.07, 6.45) is 3.43. The number of rotatable bonds is 6. The highest BCUT2D eigenvalue weighted by Gasteiger charge is 2.11. The molecule has 3 aromatic rings. The van der Waals surface area contributed by atoms with Crippen molar-refractivity contribution in [2.45, 2.75) is 20.4 Å². The lowest BCUT2D eigenvalue weighted by Crippen LogP contribution is -2.16. The zero-order valence-electron chi connectivity index (χ0n) is 15.1. The van der Waals surface area contributed by atoms with Gasteiger partial charge in [-0.05, 0) is 61.9 Å². The molecular weight excluding hydrogens is 342 g/mol. The summed E-state index contributed by atoms with van der Waals surface area (Å²) in [6.45, 7) is 3.83. The van der Waals surface area contributed by atoms with Gasteiger partial charge in [0.1, 0.15) is 5.69 Å². The van der Waals surface area contributed by atoms with Crippen molar-refractivity contribution in [3.8, 4) is 0 Å². The van der Waals surface area contributed by atoms with Crippen LogP contribution in [0.5, 0.6) is 0 Å². The van der Waals surface area contributed by atoms with E-state index >= 15 is 0 Å². The summed E-state index contributed by atoms with van der Waals surface area (Å²) in [7, 11) is 0. The SMILES string of the molecule is CC(=O)c1ccc(NC(=O)c2cc(C)nc(NCc3ccncc3)n2)cc1. The summed E-state index contributed by atoms with van der Waals surface area (Å²) in [5.74, 6) is 0.0103. The maximum absolute atomic E-state index is 12.5. The number of aryl methyl sites for hydroxylation is 1. The standard InChI is InChI=1S/C20H19N5O2/c1-13-11-18(19(27)24-17-5-3-16(4-6-17)14(2)26)25-20(23-13)22-12-15-7-9-21-10-8-15/h3-11H,12H2,1-2H3,(H,24,27)(H,22,23,25). The maximum Gasteiger partial charge on any atom is 0.274 e. The van der Waals surface area contributed by atoms with E-state index in [2.05, 4.69) is 25.6 Å². The van der Waals surface area contributed by atoms with E-state index in [9.17, 15) is 9.59 Å².